The lowest BCUT2D eigenvalue weighted by Crippen LogP contribution is -2.23. The van der Waals surface area contributed by atoms with Crippen molar-refractivity contribution in [3.63, 3.8) is 0 Å². The first-order valence-electron chi connectivity index (χ1n) is 5.73. The third-order valence-electron chi connectivity index (χ3n) is 2.37. The van der Waals surface area contributed by atoms with E-state index in [-0.39, 0.29) is 18.0 Å². The molecule has 0 atom stereocenters. The number of nitrogens with zero attached hydrogens (tertiary/aromatic N) is 2. The quantitative estimate of drug-likeness (QED) is 0.663. The second kappa shape index (κ2) is 6.29. The van der Waals surface area contributed by atoms with Gasteiger partial charge in [-0.05, 0) is 6.07 Å². The van der Waals surface area contributed by atoms with Crippen LogP contribution in [0.1, 0.15) is 11.3 Å². The van der Waals surface area contributed by atoms with Crippen LogP contribution in [0.4, 0.5) is 0 Å². The molecule has 0 aliphatic rings. The van der Waals surface area contributed by atoms with Crippen molar-refractivity contribution in [2.24, 2.45) is 5.73 Å². The number of rotatable bonds is 4. The number of nitrogens with one attached hydrogen (secondary N) is 2. The van der Waals surface area contributed by atoms with Crippen molar-refractivity contribution < 1.29 is 8.42 Å². The van der Waals surface area contributed by atoms with Gasteiger partial charge in [-0.25, -0.2) is 18.1 Å². The van der Waals surface area contributed by atoms with Gasteiger partial charge in [0.05, 0.1) is 19.4 Å². The molecule has 20 heavy (non-hydrogen) atoms. The minimum Gasteiger partial charge on any atom is -0.347 e. The van der Waals surface area contributed by atoms with Gasteiger partial charge < -0.3 is 10.7 Å². The van der Waals surface area contributed by atoms with Crippen LogP contribution in [-0.4, -0.2) is 29.9 Å². The van der Waals surface area contributed by atoms with E-state index >= 15 is 0 Å². The van der Waals surface area contributed by atoms with Crippen LogP contribution in [0.15, 0.2) is 35.9 Å². The van der Waals surface area contributed by atoms with Crippen molar-refractivity contribution in [2.45, 2.75) is 11.4 Å². The summed E-state index contributed by atoms with van der Waals surface area (Å²) in [7, 11) is -3.64. The molecule has 0 unspecified atom stereocenters. The molecule has 2 rings (SSSR count). The smallest absolute Gasteiger partial charge is 0.242 e. The number of pyridine rings is 1. The average molecular weight is 291 g/mol. The lowest BCUT2D eigenvalue weighted by molar-refractivity contribution is 0.580. The van der Waals surface area contributed by atoms with Crippen molar-refractivity contribution in [1.82, 2.24) is 19.7 Å². The van der Waals surface area contributed by atoms with Crippen LogP contribution in [-0.2, 0) is 16.6 Å². The maximum Gasteiger partial charge on any atom is 0.242 e. The van der Waals surface area contributed by atoms with Crippen LogP contribution in [0, 0.1) is 11.8 Å². The molecule has 4 N–H and O–H groups in total. The van der Waals surface area contributed by atoms with Gasteiger partial charge in [-0.15, -0.1) is 0 Å². The van der Waals surface area contributed by atoms with Gasteiger partial charge in [0.1, 0.15) is 4.90 Å². The fourth-order valence-corrected chi connectivity index (χ4v) is 2.42. The maximum absolute atomic E-state index is 12.1. The van der Waals surface area contributed by atoms with Gasteiger partial charge in [0, 0.05) is 29.8 Å². The molecule has 7 nitrogen and oxygen atoms in total. The van der Waals surface area contributed by atoms with E-state index in [1.165, 1.54) is 24.8 Å². The van der Waals surface area contributed by atoms with Gasteiger partial charge in [-0.2, -0.15) is 0 Å². The van der Waals surface area contributed by atoms with Gasteiger partial charge >= 0.3 is 0 Å². The summed E-state index contributed by atoms with van der Waals surface area (Å²) in [5, 5.41) is 0. The first kappa shape index (κ1) is 14.2. The molecular formula is C12H13N5O2S. The van der Waals surface area contributed by atoms with Crippen LogP contribution < -0.4 is 10.5 Å². The van der Waals surface area contributed by atoms with Crippen LogP contribution >= 0.6 is 0 Å². The van der Waals surface area contributed by atoms with Gasteiger partial charge in [-0.3, -0.25) is 4.98 Å². The Morgan fingerprint density at radius 1 is 1.30 bits per heavy atom. The van der Waals surface area contributed by atoms with E-state index in [2.05, 4.69) is 31.5 Å². The molecule has 0 aromatic carbocycles. The number of sulfonamides is 1. The van der Waals surface area contributed by atoms with Crippen LogP contribution in [0.25, 0.3) is 0 Å². The number of hydrogen-bond acceptors (Lipinski definition) is 5. The summed E-state index contributed by atoms with van der Waals surface area (Å²) >= 11 is 0. The summed E-state index contributed by atoms with van der Waals surface area (Å²) in [6, 6.07) is 1.45. The molecule has 0 fully saturated rings. The normalized spacial score (nSPS) is 10.8. The fraction of sp³-hybridized carbons (Fsp3) is 0.167. The highest BCUT2D eigenvalue weighted by Crippen LogP contribution is 2.09. The molecule has 2 aromatic rings. The Morgan fingerprint density at radius 3 is 2.85 bits per heavy atom. The van der Waals surface area contributed by atoms with E-state index in [1.807, 2.05) is 0 Å². The third-order valence-corrected chi connectivity index (χ3v) is 3.73. The van der Waals surface area contributed by atoms with Crippen molar-refractivity contribution in [3.05, 3.63) is 42.2 Å². The second-order valence-electron chi connectivity index (χ2n) is 3.82. The van der Waals surface area contributed by atoms with Crippen LogP contribution in [0.3, 0.4) is 0 Å². The Balaban J connectivity index is 2.16. The predicted molar refractivity (Wildman–Crippen MR) is 72.8 cm³/mol. The number of H-pyrrole nitrogens is 1. The van der Waals surface area contributed by atoms with E-state index in [0.717, 1.165) is 0 Å². The standard InChI is InChI=1S/C12H13N5O2S/c13-3-1-2-10-4-12(8-14-5-10)20(18,19)17-7-11-6-15-9-16-11/h4-6,8-9,17H,3,7,13H2,(H,15,16). The van der Waals surface area contributed by atoms with Gasteiger partial charge in [0.2, 0.25) is 10.0 Å². The third kappa shape index (κ3) is 3.64. The monoisotopic (exact) mass is 291 g/mol. The highest BCUT2D eigenvalue weighted by molar-refractivity contribution is 7.89. The Kier molecular flexibility index (Phi) is 4.47. The number of aromatic amines is 1. The van der Waals surface area contributed by atoms with Crippen molar-refractivity contribution >= 4 is 10.0 Å². The topological polar surface area (TPSA) is 114 Å². The lowest BCUT2D eigenvalue weighted by atomic mass is 10.3. The minimum absolute atomic E-state index is 0.0563. The van der Waals surface area contributed by atoms with Gasteiger partial charge in [0.15, 0.2) is 0 Å². The largest absolute Gasteiger partial charge is 0.347 e. The molecule has 0 bridgehead atoms. The number of aromatic nitrogens is 3. The Morgan fingerprint density at radius 2 is 2.15 bits per heavy atom. The summed E-state index contributed by atoms with van der Waals surface area (Å²) in [4.78, 5) is 10.5. The van der Waals surface area contributed by atoms with Crippen LogP contribution in [0.2, 0.25) is 0 Å². The highest BCUT2D eigenvalue weighted by Gasteiger charge is 2.14. The molecule has 8 heteroatoms. The van der Waals surface area contributed by atoms with E-state index in [9.17, 15) is 8.42 Å². The van der Waals surface area contributed by atoms with Crippen molar-refractivity contribution in [1.29, 1.82) is 0 Å². The molecule has 0 saturated heterocycles. The zero-order valence-electron chi connectivity index (χ0n) is 10.5. The first-order chi connectivity index (χ1) is 9.62. The van der Waals surface area contributed by atoms with Crippen molar-refractivity contribution in [2.75, 3.05) is 6.54 Å². The predicted octanol–water partition coefficient (Wildman–Crippen LogP) is -0.407. The molecule has 0 saturated carbocycles. The molecule has 0 amide bonds. The van der Waals surface area contributed by atoms with E-state index in [1.54, 1.807) is 6.20 Å². The lowest BCUT2D eigenvalue weighted by Gasteiger charge is -2.05. The maximum atomic E-state index is 12.1. The highest BCUT2D eigenvalue weighted by atomic mass is 32.2. The molecule has 104 valence electrons. The number of hydrogen-bond donors (Lipinski definition) is 3. The summed E-state index contributed by atoms with van der Waals surface area (Å²) in [5.74, 6) is 5.39. The molecule has 0 aliphatic heterocycles. The Bertz CT molecular complexity index is 729. The Hall–Kier alpha value is -2.21. The SMILES string of the molecule is NCC#Cc1cncc(S(=O)(=O)NCc2cnc[nH]2)c1. The molecule has 0 spiro atoms. The molecule has 0 aliphatic carbocycles. The molecule has 2 heterocycles. The van der Waals surface area contributed by atoms with Gasteiger partial charge in [0.25, 0.3) is 0 Å². The summed E-state index contributed by atoms with van der Waals surface area (Å²) < 4.78 is 26.6. The second-order valence-corrected chi connectivity index (χ2v) is 5.58. The van der Waals surface area contributed by atoms with Crippen molar-refractivity contribution in [3.8, 4) is 11.8 Å². The Labute approximate surface area is 116 Å². The average Bonchev–Trinajstić information content (AvgIpc) is 2.97. The summed E-state index contributed by atoms with van der Waals surface area (Å²) in [6.45, 7) is 0.329. The van der Waals surface area contributed by atoms with Crippen LogP contribution in [0.5, 0.6) is 0 Å². The summed E-state index contributed by atoms with van der Waals surface area (Å²) in [5.41, 5.74) is 6.44. The van der Waals surface area contributed by atoms with E-state index in [0.29, 0.717) is 11.3 Å². The van der Waals surface area contributed by atoms with Gasteiger partial charge in [-0.1, -0.05) is 11.8 Å². The molecular weight excluding hydrogens is 278 g/mol. The molecule has 0 radical (unpaired) electrons. The van der Waals surface area contributed by atoms with E-state index in [4.69, 9.17) is 5.73 Å². The number of imidazole rings is 1. The van der Waals surface area contributed by atoms with E-state index < -0.39 is 10.0 Å². The summed E-state index contributed by atoms with van der Waals surface area (Å²) in [6.07, 6.45) is 5.78. The minimum atomic E-state index is -3.64. The zero-order chi connectivity index (χ0) is 14.4. The fourth-order valence-electron chi connectivity index (χ4n) is 1.42. The zero-order valence-corrected chi connectivity index (χ0v) is 11.3. The number of nitrogens with two attached hydrogens (primary N) is 1. The first-order valence-corrected chi connectivity index (χ1v) is 7.21. The molecule has 2 aromatic heterocycles.